The van der Waals surface area contributed by atoms with Crippen LogP contribution in [-0.4, -0.2) is 11.9 Å². The van der Waals surface area contributed by atoms with Crippen LogP contribution in [0.25, 0.3) is 0 Å². The molecule has 3 rings (SSSR count). The Labute approximate surface area is 106 Å². The second kappa shape index (κ2) is 4.13. The van der Waals surface area contributed by atoms with Crippen molar-refractivity contribution in [1.29, 1.82) is 0 Å². The van der Waals surface area contributed by atoms with E-state index in [1.807, 2.05) is 11.3 Å². The smallest absolute Gasteiger partial charge is 0.252 e. The Bertz CT molecular complexity index is 461. The van der Waals surface area contributed by atoms with E-state index in [0.29, 0.717) is 12.0 Å². The van der Waals surface area contributed by atoms with Crippen LogP contribution in [0, 0.1) is 5.92 Å². The number of fused-ring (bicyclic) bond motifs is 3. The second-order valence-electron chi connectivity index (χ2n) is 5.54. The SMILES string of the molecule is CC(C)C1Cc2sc3c(c2C(=O)N1)CCCC3. The zero-order valence-corrected chi connectivity index (χ0v) is 11.3. The number of aryl methyl sites for hydroxylation is 1. The highest BCUT2D eigenvalue weighted by atomic mass is 32.1. The van der Waals surface area contributed by atoms with E-state index in [1.54, 1.807) is 0 Å². The van der Waals surface area contributed by atoms with Crippen molar-refractivity contribution in [3.8, 4) is 0 Å². The van der Waals surface area contributed by atoms with Gasteiger partial charge in [-0.25, -0.2) is 0 Å². The molecule has 2 aliphatic rings. The van der Waals surface area contributed by atoms with Crippen molar-refractivity contribution in [3.05, 3.63) is 20.9 Å². The number of nitrogens with one attached hydrogen (secondary N) is 1. The predicted octanol–water partition coefficient (Wildman–Crippen LogP) is 2.94. The number of hydrogen-bond acceptors (Lipinski definition) is 2. The Hall–Kier alpha value is -0.830. The van der Waals surface area contributed by atoms with Gasteiger partial charge in [0.15, 0.2) is 0 Å². The van der Waals surface area contributed by atoms with E-state index >= 15 is 0 Å². The zero-order chi connectivity index (χ0) is 12.0. The molecule has 2 nitrogen and oxygen atoms in total. The van der Waals surface area contributed by atoms with Gasteiger partial charge < -0.3 is 5.32 Å². The molecule has 0 aromatic carbocycles. The van der Waals surface area contributed by atoms with Gasteiger partial charge in [-0.2, -0.15) is 0 Å². The lowest BCUT2D eigenvalue weighted by Gasteiger charge is -2.27. The molecule has 1 aliphatic carbocycles. The van der Waals surface area contributed by atoms with Gasteiger partial charge in [-0.05, 0) is 37.2 Å². The molecule has 92 valence electrons. The number of carbonyl (C=O) groups excluding carboxylic acids is 1. The minimum atomic E-state index is 0.185. The molecule has 1 unspecified atom stereocenters. The topological polar surface area (TPSA) is 29.1 Å². The highest BCUT2D eigenvalue weighted by molar-refractivity contribution is 7.12. The van der Waals surface area contributed by atoms with E-state index in [4.69, 9.17) is 0 Å². The van der Waals surface area contributed by atoms with Gasteiger partial charge in [-0.15, -0.1) is 11.3 Å². The third-order valence-corrected chi connectivity index (χ3v) is 5.31. The van der Waals surface area contributed by atoms with Crippen LogP contribution in [0.1, 0.15) is 52.4 Å². The average molecular weight is 249 g/mol. The minimum Gasteiger partial charge on any atom is -0.349 e. The fourth-order valence-corrected chi connectivity index (χ4v) is 4.38. The molecule has 0 saturated carbocycles. The van der Waals surface area contributed by atoms with E-state index < -0.39 is 0 Å². The van der Waals surface area contributed by atoms with Gasteiger partial charge in [0.05, 0.1) is 5.56 Å². The number of carbonyl (C=O) groups is 1. The van der Waals surface area contributed by atoms with Gasteiger partial charge in [0.1, 0.15) is 0 Å². The fourth-order valence-electron chi connectivity index (χ4n) is 2.92. The summed E-state index contributed by atoms with van der Waals surface area (Å²) < 4.78 is 0. The zero-order valence-electron chi connectivity index (χ0n) is 10.5. The first kappa shape index (κ1) is 11.3. The summed E-state index contributed by atoms with van der Waals surface area (Å²) in [5.74, 6) is 0.704. The third-order valence-electron chi connectivity index (χ3n) is 4.00. The van der Waals surface area contributed by atoms with Crippen molar-refractivity contribution in [2.75, 3.05) is 0 Å². The summed E-state index contributed by atoms with van der Waals surface area (Å²) in [7, 11) is 0. The average Bonchev–Trinajstić information content (AvgIpc) is 2.67. The summed E-state index contributed by atoms with van der Waals surface area (Å²) in [6.07, 6.45) is 5.88. The van der Waals surface area contributed by atoms with Gasteiger partial charge in [0.2, 0.25) is 0 Å². The lowest BCUT2D eigenvalue weighted by atomic mass is 9.89. The van der Waals surface area contributed by atoms with E-state index in [1.165, 1.54) is 34.6 Å². The molecular formula is C14H19NOS. The molecule has 0 saturated heterocycles. The van der Waals surface area contributed by atoms with Crippen LogP contribution in [0.3, 0.4) is 0 Å². The summed E-state index contributed by atoms with van der Waals surface area (Å²) in [6.45, 7) is 4.37. The second-order valence-corrected chi connectivity index (χ2v) is 6.73. The first-order chi connectivity index (χ1) is 8.16. The maximum absolute atomic E-state index is 12.2. The van der Waals surface area contributed by atoms with Gasteiger partial charge >= 0.3 is 0 Å². The monoisotopic (exact) mass is 249 g/mol. The molecule has 0 radical (unpaired) electrons. The number of thiophene rings is 1. The van der Waals surface area contributed by atoms with Gasteiger partial charge in [0.25, 0.3) is 5.91 Å². The van der Waals surface area contributed by atoms with E-state index in [0.717, 1.165) is 18.4 Å². The van der Waals surface area contributed by atoms with Crippen molar-refractivity contribution in [1.82, 2.24) is 5.32 Å². The molecule has 3 heteroatoms. The molecule has 0 fully saturated rings. The quantitative estimate of drug-likeness (QED) is 0.814. The van der Waals surface area contributed by atoms with Crippen molar-refractivity contribution in [2.45, 2.75) is 52.0 Å². The normalized spacial score (nSPS) is 23.2. The number of rotatable bonds is 1. The molecule has 1 amide bonds. The summed E-state index contributed by atoms with van der Waals surface area (Å²) in [5, 5.41) is 3.18. The van der Waals surface area contributed by atoms with Crippen LogP contribution < -0.4 is 5.32 Å². The Kier molecular flexibility index (Phi) is 2.74. The van der Waals surface area contributed by atoms with Crippen LogP contribution in [-0.2, 0) is 19.3 Å². The Morgan fingerprint density at radius 2 is 2.00 bits per heavy atom. The Morgan fingerprint density at radius 3 is 2.76 bits per heavy atom. The lowest BCUT2D eigenvalue weighted by molar-refractivity contribution is 0.0912. The van der Waals surface area contributed by atoms with E-state index in [9.17, 15) is 4.79 Å². The van der Waals surface area contributed by atoms with Crippen molar-refractivity contribution in [3.63, 3.8) is 0 Å². The van der Waals surface area contributed by atoms with Crippen molar-refractivity contribution in [2.24, 2.45) is 5.92 Å². The van der Waals surface area contributed by atoms with Gasteiger partial charge in [-0.1, -0.05) is 13.8 Å². The minimum absolute atomic E-state index is 0.185. The Balaban J connectivity index is 2.01. The van der Waals surface area contributed by atoms with E-state index in [-0.39, 0.29) is 5.91 Å². The van der Waals surface area contributed by atoms with Gasteiger partial charge in [-0.3, -0.25) is 4.79 Å². The summed E-state index contributed by atoms with van der Waals surface area (Å²) in [6, 6.07) is 0.329. The van der Waals surface area contributed by atoms with Crippen LogP contribution >= 0.6 is 11.3 Å². The van der Waals surface area contributed by atoms with Crippen molar-refractivity contribution >= 4 is 17.2 Å². The first-order valence-corrected chi connectivity index (χ1v) is 7.42. The highest BCUT2D eigenvalue weighted by Gasteiger charge is 2.32. The Morgan fingerprint density at radius 1 is 1.24 bits per heavy atom. The first-order valence-electron chi connectivity index (χ1n) is 6.61. The molecule has 1 aromatic heterocycles. The molecule has 1 atom stereocenters. The summed E-state index contributed by atoms with van der Waals surface area (Å²) in [5.41, 5.74) is 2.41. The molecule has 2 heterocycles. The molecule has 1 N–H and O–H groups in total. The van der Waals surface area contributed by atoms with Crippen molar-refractivity contribution < 1.29 is 4.79 Å². The predicted molar refractivity (Wildman–Crippen MR) is 70.8 cm³/mol. The maximum atomic E-state index is 12.2. The van der Waals surface area contributed by atoms with Gasteiger partial charge in [0, 0.05) is 22.2 Å². The molecule has 1 aromatic rings. The van der Waals surface area contributed by atoms with Crippen LogP contribution in [0.2, 0.25) is 0 Å². The highest BCUT2D eigenvalue weighted by Crippen LogP contribution is 2.37. The standard InChI is InChI=1S/C14H19NOS/c1-8(2)10-7-12-13(14(16)15-10)9-5-3-4-6-11(9)17-12/h8,10H,3-7H2,1-2H3,(H,15,16). The van der Waals surface area contributed by atoms with Crippen LogP contribution in [0.5, 0.6) is 0 Å². The lowest BCUT2D eigenvalue weighted by Crippen LogP contribution is -2.44. The summed E-state index contributed by atoms with van der Waals surface area (Å²) in [4.78, 5) is 15.1. The number of hydrogen-bond donors (Lipinski definition) is 1. The van der Waals surface area contributed by atoms with E-state index in [2.05, 4.69) is 19.2 Å². The maximum Gasteiger partial charge on any atom is 0.252 e. The largest absolute Gasteiger partial charge is 0.349 e. The number of amides is 1. The molecule has 0 bridgehead atoms. The molecule has 0 spiro atoms. The molecule has 17 heavy (non-hydrogen) atoms. The van der Waals surface area contributed by atoms with Crippen LogP contribution in [0.4, 0.5) is 0 Å². The third kappa shape index (κ3) is 1.81. The molecule has 1 aliphatic heterocycles. The summed E-state index contributed by atoms with van der Waals surface area (Å²) >= 11 is 1.90. The van der Waals surface area contributed by atoms with Crippen LogP contribution in [0.15, 0.2) is 0 Å². The molecular weight excluding hydrogens is 230 g/mol. The fraction of sp³-hybridized carbons (Fsp3) is 0.643.